The van der Waals surface area contributed by atoms with Crippen molar-refractivity contribution >= 4 is 92.9 Å². The van der Waals surface area contributed by atoms with Gasteiger partial charge in [-0.1, -0.05) is 116 Å². The number of aromatic carboxylic acids is 1. The van der Waals surface area contributed by atoms with Crippen molar-refractivity contribution in [2.75, 3.05) is 18.6 Å². The van der Waals surface area contributed by atoms with E-state index in [0.717, 1.165) is 48.3 Å². The van der Waals surface area contributed by atoms with Crippen LogP contribution in [-0.4, -0.2) is 34.5 Å². The summed E-state index contributed by atoms with van der Waals surface area (Å²) >= 11 is 38.7. The number of carboxylic acids is 1. The molecule has 0 radical (unpaired) electrons. The molecule has 0 amide bonds. The van der Waals surface area contributed by atoms with Crippen molar-refractivity contribution in [2.45, 2.75) is 50.7 Å². The van der Waals surface area contributed by atoms with E-state index in [2.05, 4.69) is 34.0 Å². The Morgan fingerprint density at radius 2 is 0.987 bits per heavy atom. The van der Waals surface area contributed by atoms with Crippen LogP contribution in [0.3, 0.4) is 0 Å². The number of methoxy groups -OCH3 is 1. The molecule has 5 N–H and O–H groups in total. The van der Waals surface area contributed by atoms with Gasteiger partial charge in [-0.25, -0.2) is 9.59 Å². The number of nitrogen functional groups attached to an aromatic ring is 2. The van der Waals surface area contributed by atoms with Crippen LogP contribution in [0.15, 0.2) is 118 Å². The first-order valence-electron chi connectivity index (χ1n) is 23.0. The van der Waals surface area contributed by atoms with Gasteiger partial charge in [0.15, 0.2) is 0 Å². The number of carbonyl (C=O) groups is 2. The predicted octanol–water partition coefficient (Wildman–Crippen LogP) is 15.0. The highest BCUT2D eigenvalue weighted by Crippen LogP contribution is 2.48. The van der Waals surface area contributed by atoms with Gasteiger partial charge in [0.25, 0.3) is 0 Å². The summed E-state index contributed by atoms with van der Waals surface area (Å²) in [6, 6.07) is 30.2. The number of anilines is 2. The van der Waals surface area contributed by atoms with Crippen molar-refractivity contribution in [1.29, 1.82) is 0 Å². The van der Waals surface area contributed by atoms with E-state index in [0.29, 0.717) is 115 Å². The highest BCUT2D eigenvalue weighted by atomic mass is 35.5. The Hall–Kier alpha value is -7.26. The molecule has 378 valence electrons. The van der Waals surface area contributed by atoms with Crippen LogP contribution >= 0.6 is 69.6 Å². The number of nitrogens with zero attached hydrogens (tertiary/aromatic N) is 2. The number of benzene rings is 6. The van der Waals surface area contributed by atoms with E-state index >= 15 is 0 Å². The highest BCUT2D eigenvalue weighted by Gasteiger charge is 2.35. The van der Waals surface area contributed by atoms with Crippen LogP contribution in [0.1, 0.15) is 103 Å². The van der Waals surface area contributed by atoms with Crippen LogP contribution in [-0.2, 0) is 18.0 Å². The number of nitrogens with two attached hydrogens (primary N) is 2. The number of carboxylic acid groups (broad SMARTS) is 1. The largest absolute Gasteiger partial charge is 0.489 e. The number of rotatable bonds is 12. The van der Waals surface area contributed by atoms with E-state index in [1.807, 2.05) is 0 Å². The highest BCUT2D eigenvalue weighted by molar-refractivity contribution is 6.40. The van der Waals surface area contributed by atoms with Crippen molar-refractivity contribution in [3.8, 4) is 57.7 Å². The summed E-state index contributed by atoms with van der Waals surface area (Å²) in [6.45, 7) is 0.391. The second-order valence-electron chi connectivity index (χ2n) is 17.3. The summed E-state index contributed by atoms with van der Waals surface area (Å²) in [7, 11) is 1.31. The summed E-state index contributed by atoms with van der Waals surface area (Å²) in [4.78, 5) is 23.1. The van der Waals surface area contributed by atoms with E-state index in [9.17, 15) is 14.7 Å². The van der Waals surface area contributed by atoms with Gasteiger partial charge in [0.1, 0.15) is 47.6 Å². The first-order chi connectivity index (χ1) is 36.1. The molecular formula is C57H40Cl6N4O8. The van der Waals surface area contributed by atoms with E-state index in [-0.39, 0.29) is 18.8 Å². The second kappa shape index (κ2) is 23.1. The molecule has 2 heterocycles. The van der Waals surface area contributed by atoms with Gasteiger partial charge in [0.2, 0.25) is 0 Å². The minimum Gasteiger partial charge on any atom is -0.489 e. The summed E-state index contributed by atoms with van der Waals surface area (Å²) in [5.41, 5.74) is 18.9. The van der Waals surface area contributed by atoms with Crippen LogP contribution < -0.4 is 20.9 Å². The molecule has 0 saturated heterocycles. The smallest absolute Gasteiger partial charge is 0.337 e. The fraction of sp³-hybridized carbons (Fsp3) is 0.158. The second-order valence-corrected chi connectivity index (χ2v) is 19.8. The van der Waals surface area contributed by atoms with E-state index in [1.165, 1.54) is 25.3 Å². The maximum absolute atomic E-state index is 11.8. The Balaban J connectivity index is 0.000000184. The topological polar surface area (TPSA) is 186 Å². The summed E-state index contributed by atoms with van der Waals surface area (Å²) in [5.74, 6) is 13.6. The number of hydrogen-bond donors (Lipinski definition) is 3. The van der Waals surface area contributed by atoms with Crippen LogP contribution in [0.5, 0.6) is 11.5 Å². The lowest BCUT2D eigenvalue weighted by Crippen LogP contribution is -2.02. The normalized spacial score (nSPS) is 12.6. The number of aromatic nitrogens is 2. The zero-order valence-corrected chi connectivity index (χ0v) is 43.9. The molecule has 10 rings (SSSR count). The molecule has 0 spiro atoms. The van der Waals surface area contributed by atoms with Crippen LogP contribution in [0, 0.1) is 23.7 Å². The van der Waals surface area contributed by atoms with E-state index < -0.39 is 11.9 Å². The summed E-state index contributed by atoms with van der Waals surface area (Å²) in [6.07, 6.45) is 4.12. The zero-order valence-electron chi connectivity index (χ0n) is 39.4. The number of esters is 1. The van der Waals surface area contributed by atoms with Crippen LogP contribution in [0.25, 0.3) is 22.5 Å². The third kappa shape index (κ3) is 12.6. The fourth-order valence-electron chi connectivity index (χ4n) is 7.87. The van der Waals surface area contributed by atoms with Crippen LogP contribution in [0.2, 0.25) is 30.1 Å². The Bertz CT molecular complexity index is 3620. The van der Waals surface area contributed by atoms with E-state index in [1.54, 1.807) is 91.0 Å². The fourth-order valence-corrected chi connectivity index (χ4v) is 9.46. The molecule has 12 nitrogen and oxygen atoms in total. The van der Waals surface area contributed by atoms with E-state index in [4.69, 9.17) is 104 Å². The molecule has 0 aliphatic heterocycles. The molecular weight excluding hydrogens is 1080 g/mol. The van der Waals surface area contributed by atoms with Gasteiger partial charge in [-0.15, -0.1) is 0 Å². The standard InChI is InChI=1S/C29H21Cl3N2O4.C28H19Cl3N2O4/c1-36-29(35)19-11-16(12-20(33)13-19)5-6-17-9-10-21(14-25(17)32)37-15-22-27(34-38-28(22)18-7-8-18)26-23(30)3-2-4-24(26)31;29-22-2-1-3-23(30)25(22)26-21(27(37-33-26)17-6-7-17)14-36-20-9-8-16(24(31)13-20)5-4-15-10-18(28(34)35)12-19(32)11-15/h2-4,9-14,18H,7-8,15,33H2,1H3;1-3,8-13,17H,6-7,14,32H2,(H,34,35). The Kier molecular flexibility index (Phi) is 16.2. The maximum atomic E-state index is 11.8. The number of hydrogen-bond acceptors (Lipinski definition) is 11. The molecule has 0 atom stereocenters. The molecule has 2 aliphatic rings. The Morgan fingerprint density at radius 3 is 1.37 bits per heavy atom. The minimum atomic E-state index is -1.08. The molecule has 0 unspecified atom stereocenters. The zero-order chi connectivity index (χ0) is 52.9. The first kappa shape index (κ1) is 52.6. The third-order valence-corrected chi connectivity index (χ3v) is 13.7. The summed E-state index contributed by atoms with van der Waals surface area (Å²) < 4.78 is 28.3. The molecule has 18 heteroatoms. The first-order valence-corrected chi connectivity index (χ1v) is 25.3. The van der Waals surface area contributed by atoms with Gasteiger partial charge in [-0.2, -0.15) is 0 Å². The molecule has 2 fully saturated rings. The number of halogens is 6. The molecule has 2 saturated carbocycles. The van der Waals surface area contributed by atoms with Gasteiger partial charge < -0.3 is 39.8 Å². The van der Waals surface area contributed by atoms with Crippen molar-refractivity contribution in [3.63, 3.8) is 0 Å². The number of carbonyl (C=O) groups excluding carboxylic acids is 1. The van der Waals surface area contributed by atoms with Gasteiger partial charge >= 0.3 is 11.9 Å². The SMILES string of the molecule is COC(=O)c1cc(N)cc(C#Cc2ccc(OCc3c(-c4c(Cl)cccc4Cl)noc3C3CC3)cc2Cl)c1.Nc1cc(C#Cc2ccc(OCc3c(-c4c(Cl)cccc4Cl)noc3C3CC3)cc2Cl)cc(C(=O)O)c1. The van der Waals surface area contributed by atoms with Crippen molar-refractivity contribution < 1.29 is 38.0 Å². The Labute approximate surface area is 460 Å². The molecule has 8 aromatic rings. The lowest BCUT2D eigenvalue weighted by atomic mass is 10.0. The van der Waals surface area contributed by atoms with Gasteiger partial charge in [0, 0.05) is 68.7 Å². The van der Waals surface area contributed by atoms with Gasteiger partial charge in [-0.05, 0) is 111 Å². The molecule has 6 aromatic carbocycles. The predicted molar refractivity (Wildman–Crippen MR) is 291 cm³/mol. The maximum Gasteiger partial charge on any atom is 0.337 e. The van der Waals surface area contributed by atoms with Crippen LogP contribution in [0.4, 0.5) is 11.4 Å². The lowest BCUT2D eigenvalue weighted by Gasteiger charge is -2.10. The monoisotopic (exact) mass is 1120 g/mol. The molecule has 2 aliphatic carbocycles. The van der Waals surface area contributed by atoms with Gasteiger partial charge in [-0.3, -0.25) is 0 Å². The minimum absolute atomic E-state index is 0.0656. The van der Waals surface area contributed by atoms with Crippen molar-refractivity contribution in [3.05, 3.63) is 195 Å². The molecule has 75 heavy (non-hydrogen) atoms. The lowest BCUT2D eigenvalue weighted by molar-refractivity contribution is 0.0599. The quantitative estimate of drug-likeness (QED) is 0.0598. The third-order valence-electron chi connectivity index (χ3n) is 11.8. The average molecular weight is 1120 g/mol. The molecule has 2 aromatic heterocycles. The Morgan fingerprint density at radius 1 is 0.573 bits per heavy atom. The number of ether oxygens (including phenoxy) is 3. The van der Waals surface area contributed by atoms with Gasteiger partial charge in [0.05, 0.1) is 59.5 Å². The molecule has 0 bridgehead atoms. The summed E-state index contributed by atoms with van der Waals surface area (Å²) in [5, 5.41) is 20.5. The average Bonchev–Trinajstić information content (AvgIpc) is 4.33. The van der Waals surface area contributed by atoms with Crippen molar-refractivity contribution in [2.24, 2.45) is 0 Å². The van der Waals surface area contributed by atoms with Crippen molar-refractivity contribution in [1.82, 2.24) is 10.3 Å².